The van der Waals surface area contributed by atoms with Crippen LogP contribution in [-0.2, 0) is 5.41 Å². The van der Waals surface area contributed by atoms with E-state index in [1.807, 2.05) is 24.3 Å². The fourth-order valence-corrected chi connectivity index (χ4v) is 2.92. The number of hydrogen-bond donors (Lipinski definition) is 1. The highest BCUT2D eigenvalue weighted by atomic mass is 16.5. The van der Waals surface area contributed by atoms with Crippen LogP contribution in [0.25, 0.3) is 11.3 Å². The standard InChI is InChI=1S/C17H15N3O/c18-16-14(13-8-4-5-11-19-13)15(21-20-16)17(9-10-17)12-6-2-1-3-7-12/h1-8,11H,9-10H2,(H2,18,20). The number of aromatic nitrogens is 2. The first-order chi connectivity index (χ1) is 10.3. The van der Waals surface area contributed by atoms with Gasteiger partial charge in [0.25, 0.3) is 0 Å². The first kappa shape index (κ1) is 12.1. The maximum absolute atomic E-state index is 6.03. The van der Waals surface area contributed by atoms with Crippen LogP contribution < -0.4 is 5.73 Å². The zero-order chi connectivity index (χ0) is 14.3. The van der Waals surface area contributed by atoms with Crippen LogP contribution in [0.2, 0.25) is 0 Å². The van der Waals surface area contributed by atoms with Crippen molar-refractivity contribution in [1.29, 1.82) is 0 Å². The normalized spacial score (nSPS) is 15.8. The van der Waals surface area contributed by atoms with E-state index in [0.29, 0.717) is 5.82 Å². The molecule has 1 fully saturated rings. The first-order valence-corrected chi connectivity index (χ1v) is 7.04. The molecule has 0 unspecified atom stereocenters. The molecule has 0 spiro atoms. The Morgan fingerprint density at radius 2 is 1.76 bits per heavy atom. The number of nitrogens with zero attached hydrogens (tertiary/aromatic N) is 2. The van der Waals surface area contributed by atoms with E-state index < -0.39 is 0 Å². The number of anilines is 1. The third-order valence-electron chi connectivity index (χ3n) is 4.15. The van der Waals surface area contributed by atoms with Gasteiger partial charge in [0.1, 0.15) is 0 Å². The molecule has 2 N–H and O–H groups in total. The highest BCUT2D eigenvalue weighted by Gasteiger charge is 2.51. The van der Waals surface area contributed by atoms with E-state index in [1.54, 1.807) is 6.20 Å². The van der Waals surface area contributed by atoms with Gasteiger partial charge in [-0.15, -0.1) is 0 Å². The molecule has 1 saturated carbocycles. The number of nitrogen functional groups attached to an aromatic ring is 1. The average Bonchev–Trinajstić information content (AvgIpc) is 3.26. The van der Waals surface area contributed by atoms with Gasteiger partial charge in [0, 0.05) is 6.20 Å². The summed E-state index contributed by atoms with van der Waals surface area (Å²) < 4.78 is 5.62. The largest absolute Gasteiger partial charge is 0.380 e. The Morgan fingerprint density at radius 3 is 2.43 bits per heavy atom. The van der Waals surface area contributed by atoms with Gasteiger partial charge in [-0.1, -0.05) is 41.6 Å². The Kier molecular flexibility index (Phi) is 2.57. The summed E-state index contributed by atoms with van der Waals surface area (Å²) in [6.07, 6.45) is 3.85. The van der Waals surface area contributed by atoms with Crippen molar-refractivity contribution in [3.8, 4) is 11.3 Å². The molecule has 1 aliphatic rings. The summed E-state index contributed by atoms with van der Waals surface area (Å²) in [7, 11) is 0. The third kappa shape index (κ3) is 1.83. The summed E-state index contributed by atoms with van der Waals surface area (Å²) in [5, 5.41) is 3.99. The lowest BCUT2D eigenvalue weighted by molar-refractivity contribution is 0.369. The molecule has 1 aromatic carbocycles. The molecule has 2 aromatic heterocycles. The summed E-state index contributed by atoms with van der Waals surface area (Å²) >= 11 is 0. The number of benzene rings is 1. The van der Waals surface area contributed by atoms with E-state index in [4.69, 9.17) is 10.3 Å². The van der Waals surface area contributed by atoms with Gasteiger partial charge in [-0.05, 0) is 30.5 Å². The van der Waals surface area contributed by atoms with Gasteiger partial charge in [-0.2, -0.15) is 0 Å². The summed E-state index contributed by atoms with van der Waals surface area (Å²) in [6.45, 7) is 0. The lowest BCUT2D eigenvalue weighted by Gasteiger charge is -2.14. The molecule has 0 saturated heterocycles. The number of rotatable bonds is 3. The van der Waals surface area contributed by atoms with Crippen LogP contribution in [0.3, 0.4) is 0 Å². The summed E-state index contributed by atoms with van der Waals surface area (Å²) in [5.74, 6) is 1.25. The van der Waals surface area contributed by atoms with Crippen LogP contribution >= 0.6 is 0 Å². The molecule has 4 rings (SSSR count). The van der Waals surface area contributed by atoms with Crippen LogP contribution in [0.5, 0.6) is 0 Å². The molecular weight excluding hydrogens is 262 g/mol. The van der Waals surface area contributed by atoms with Gasteiger partial charge in [-0.3, -0.25) is 4.98 Å². The second-order valence-corrected chi connectivity index (χ2v) is 5.44. The molecule has 0 bridgehead atoms. The second kappa shape index (κ2) is 4.45. The van der Waals surface area contributed by atoms with Crippen LogP contribution in [0.1, 0.15) is 24.2 Å². The lowest BCUT2D eigenvalue weighted by Crippen LogP contribution is -2.09. The van der Waals surface area contributed by atoms with Crippen molar-refractivity contribution in [2.24, 2.45) is 0 Å². The van der Waals surface area contributed by atoms with Crippen LogP contribution in [0.15, 0.2) is 59.3 Å². The minimum absolute atomic E-state index is 0.0985. The highest BCUT2D eigenvalue weighted by molar-refractivity contribution is 5.75. The van der Waals surface area contributed by atoms with E-state index >= 15 is 0 Å². The van der Waals surface area contributed by atoms with Gasteiger partial charge >= 0.3 is 0 Å². The maximum atomic E-state index is 6.03. The molecule has 21 heavy (non-hydrogen) atoms. The molecule has 0 aliphatic heterocycles. The Balaban J connectivity index is 1.88. The van der Waals surface area contributed by atoms with Crippen molar-refractivity contribution in [2.45, 2.75) is 18.3 Å². The molecule has 2 heterocycles. The van der Waals surface area contributed by atoms with E-state index in [9.17, 15) is 0 Å². The van der Waals surface area contributed by atoms with Crippen molar-refractivity contribution >= 4 is 5.82 Å². The zero-order valence-corrected chi connectivity index (χ0v) is 11.5. The first-order valence-electron chi connectivity index (χ1n) is 7.04. The van der Waals surface area contributed by atoms with Crippen LogP contribution in [0, 0.1) is 0 Å². The minimum Gasteiger partial charge on any atom is -0.380 e. The molecular formula is C17H15N3O. The SMILES string of the molecule is Nc1noc(C2(c3ccccc3)CC2)c1-c1ccccn1. The molecule has 0 radical (unpaired) electrons. The van der Waals surface area contributed by atoms with Gasteiger partial charge in [-0.25, -0.2) is 0 Å². The molecule has 0 atom stereocenters. The Labute approximate surface area is 122 Å². The summed E-state index contributed by atoms with van der Waals surface area (Å²) in [4.78, 5) is 4.40. The third-order valence-corrected chi connectivity index (χ3v) is 4.15. The zero-order valence-electron chi connectivity index (χ0n) is 11.5. The number of pyridine rings is 1. The fourth-order valence-electron chi connectivity index (χ4n) is 2.92. The van der Waals surface area contributed by atoms with Gasteiger partial charge < -0.3 is 10.3 Å². The number of nitrogens with two attached hydrogens (primary N) is 1. The van der Waals surface area contributed by atoms with Gasteiger partial charge in [0.05, 0.1) is 16.7 Å². The second-order valence-electron chi connectivity index (χ2n) is 5.44. The van der Waals surface area contributed by atoms with E-state index in [1.165, 1.54) is 5.56 Å². The monoisotopic (exact) mass is 277 g/mol. The molecule has 1 aliphatic carbocycles. The molecule has 4 nitrogen and oxygen atoms in total. The maximum Gasteiger partial charge on any atom is 0.176 e. The Bertz CT molecular complexity index is 761. The molecule has 0 amide bonds. The summed E-state index contributed by atoms with van der Waals surface area (Å²) in [5.41, 5.74) is 8.82. The quantitative estimate of drug-likeness (QED) is 0.797. The predicted octanol–water partition coefficient (Wildman–Crippen LogP) is 3.40. The smallest absolute Gasteiger partial charge is 0.176 e. The van der Waals surface area contributed by atoms with Gasteiger partial charge in [0.15, 0.2) is 11.6 Å². The predicted molar refractivity (Wildman–Crippen MR) is 80.6 cm³/mol. The van der Waals surface area contributed by atoms with Crippen molar-refractivity contribution < 1.29 is 4.52 Å². The topological polar surface area (TPSA) is 64.9 Å². The van der Waals surface area contributed by atoms with Crippen molar-refractivity contribution in [3.63, 3.8) is 0 Å². The molecule has 3 aromatic rings. The lowest BCUT2D eigenvalue weighted by atomic mass is 9.90. The number of hydrogen-bond acceptors (Lipinski definition) is 4. The van der Waals surface area contributed by atoms with E-state index in [0.717, 1.165) is 29.9 Å². The average molecular weight is 277 g/mol. The minimum atomic E-state index is -0.0985. The summed E-state index contributed by atoms with van der Waals surface area (Å²) in [6, 6.07) is 16.2. The molecule has 4 heteroatoms. The Morgan fingerprint density at radius 1 is 1.00 bits per heavy atom. The van der Waals surface area contributed by atoms with Crippen molar-refractivity contribution in [2.75, 3.05) is 5.73 Å². The van der Waals surface area contributed by atoms with Crippen molar-refractivity contribution in [3.05, 3.63) is 66.1 Å². The molecule has 104 valence electrons. The van der Waals surface area contributed by atoms with Crippen molar-refractivity contribution in [1.82, 2.24) is 10.1 Å². The Hall–Kier alpha value is -2.62. The fraction of sp³-hybridized carbons (Fsp3) is 0.176. The van der Waals surface area contributed by atoms with E-state index in [-0.39, 0.29) is 5.41 Å². The van der Waals surface area contributed by atoms with Gasteiger partial charge in [0.2, 0.25) is 0 Å². The van der Waals surface area contributed by atoms with Crippen LogP contribution in [-0.4, -0.2) is 10.1 Å². The van der Waals surface area contributed by atoms with E-state index in [2.05, 4.69) is 34.4 Å². The van der Waals surface area contributed by atoms with Crippen LogP contribution in [0.4, 0.5) is 5.82 Å². The highest BCUT2D eigenvalue weighted by Crippen LogP contribution is 2.56.